The Bertz CT molecular complexity index is 250. The number of hydrogen-bond acceptors (Lipinski definition) is 3. The van der Waals surface area contributed by atoms with Crippen molar-refractivity contribution in [1.29, 1.82) is 0 Å². The Kier molecular flexibility index (Phi) is 4.12. The minimum absolute atomic E-state index is 0.101. The predicted molar refractivity (Wildman–Crippen MR) is 56.2 cm³/mol. The Labute approximate surface area is 90.6 Å². The number of rotatable bonds is 4. The summed E-state index contributed by atoms with van der Waals surface area (Å²) < 4.78 is 4.54. The van der Waals surface area contributed by atoms with Crippen molar-refractivity contribution in [2.75, 3.05) is 20.2 Å². The summed E-state index contributed by atoms with van der Waals surface area (Å²) in [5.74, 6) is 0.398. The fourth-order valence-corrected chi connectivity index (χ4v) is 1.97. The first-order valence-corrected chi connectivity index (χ1v) is 5.40. The van der Waals surface area contributed by atoms with Crippen LogP contribution in [-0.2, 0) is 14.3 Å². The summed E-state index contributed by atoms with van der Waals surface area (Å²) in [5.41, 5.74) is 0. The van der Waals surface area contributed by atoms with Crippen LogP contribution in [0.25, 0.3) is 0 Å². The van der Waals surface area contributed by atoms with Crippen LogP contribution in [0.1, 0.15) is 26.7 Å². The molecule has 1 fully saturated rings. The van der Waals surface area contributed by atoms with Crippen LogP contribution < -0.4 is 0 Å². The van der Waals surface area contributed by atoms with E-state index in [1.807, 2.05) is 0 Å². The molecule has 0 radical (unpaired) electrons. The topological polar surface area (TPSA) is 46.6 Å². The Hall–Kier alpha value is -1.06. The van der Waals surface area contributed by atoms with Crippen LogP contribution in [-0.4, -0.2) is 37.0 Å². The number of carbonyl (C=O) groups is 2. The van der Waals surface area contributed by atoms with Gasteiger partial charge >= 0.3 is 5.97 Å². The molecule has 0 saturated carbocycles. The van der Waals surface area contributed by atoms with Gasteiger partial charge in [0.25, 0.3) is 0 Å². The maximum absolute atomic E-state index is 11.8. The van der Waals surface area contributed by atoms with Gasteiger partial charge in [0, 0.05) is 12.5 Å². The van der Waals surface area contributed by atoms with Gasteiger partial charge < -0.3 is 9.64 Å². The van der Waals surface area contributed by atoms with E-state index >= 15 is 0 Å². The molecule has 4 nitrogen and oxygen atoms in total. The Morgan fingerprint density at radius 1 is 1.60 bits per heavy atom. The molecule has 1 heterocycles. The Balaban J connectivity index is 2.45. The maximum Gasteiger partial charge on any atom is 0.325 e. The lowest BCUT2D eigenvalue weighted by Gasteiger charge is -2.15. The van der Waals surface area contributed by atoms with E-state index in [-0.39, 0.29) is 24.3 Å². The van der Waals surface area contributed by atoms with E-state index in [9.17, 15) is 9.59 Å². The monoisotopic (exact) mass is 213 g/mol. The van der Waals surface area contributed by atoms with Gasteiger partial charge in [-0.05, 0) is 18.8 Å². The highest BCUT2D eigenvalue weighted by Crippen LogP contribution is 2.24. The number of nitrogens with zero attached hydrogens (tertiary/aromatic N) is 1. The lowest BCUT2D eigenvalue weighted by Crippen LogP contribution is -2.33. The van der Waals surface area contributed by atoms with E-state index in [4.69, 9.17) is 0 Å². The molecule has 0 aromatic rings. The van der Waals surface area contributed by atoms with E-state index in [0.29, 0.717) is 12.5 Å². The molecule has 1 amide bonds. The zero-order chi connectivity index (χ0) is 11.4. The van der Waals surface area contributed by atoms with Crippen LogP contribution >= 0.6 is 0 Å². The molecule has 15 heavy (non-hydrogen) atoms. The number of amides is 1. The van der Waals surface area contributed by atoms with Crippen LogP contribution in [0.5, 0.6) is 0 Å². The fourth-order valence-electron chi connectivity index (χ4n) is 1.97. The first kappa shape index (κ1) is 12.0. The predicted octanol–water partition coefficient (Wildman–Crippen LogP) is 1.05. The van der Waals surface area contributed by atoms with Gasteiger partial charge in [-0.2, -0.15) is 0 Å². The normalized spacial score (nSPS) is 21.2. The molecule has 1 rings (SSSR count). The molecule has 0 spiro atoms. The van der Waals surface area contributed by atoms with E-state index in [1.54, 1.807) is 4.90 Å². The van der Waals surface area contributed by atoms with Crippen molar-refractivity contribution in [2.45, 2.75) is 26.7 Å². The highest BCUT2D eigenvalue weighted by atomic mass is 16.5. The molecule has 1 saturated heterocycles. The summed E-state index contributed by atoms with van der Waals surface area (Å²) in [6, 6.07) is 0. The van der Waals surface area contributed by atoms with Crippen molar-refractivity contribution >= 4 is 11.9 Å². The fraction of sp³-hybridized carbons (Fsp3) is 0.818. The highest BCUT2D eigenvalue weighted by molar-refractivity contribution is 5.85. The van der Waals surface area contributed by atoms with Crippen molar-refractivity contribution in [2.24, 2.45) is 11.8 Å². The van der Waals surface area contributed by atoms with Gasteiger partial charge in [0.05, 0.1) is 7.11 Å². The Morgan fingerprint density at radius 2 is 2.27 bits per heavy atom. The van der Waals surface area contributed by atoms with Crippen molar-refractivity contribution in [3.8, 4) is 0 Å². The second kappa shape index (κ2) is 5.14. The second-order valence-electron chi connectivity index (χ2n) is 4.45. The molecule has 86 valence electrons. The summed E-state index contributed by atoms with van der Waals surface area (Å²) >= 11 is 0. The number of carbonyl (C=O) groups excluding carboxylic acids is 2. The van der Waals surface area contributed by atoms with Gasteiger partial charge in [0.2, 0.25) is 5.91 Å². The average Bonchev–Trinajstić information content (AvgIpc) is 2.49. The highest BCUT2D eigenvalue weighted by Gasteiger charge is 2.32. The van der Waals surface area contributed by atoms with Crippen LogP contribution in [0.4, 0.5) is 0 Å². The summed E-state index contributed by atoms with van der Waals surface area (Å²) in [6.45, 7) is 5.00. The first-order valence-electron chi connectivity index (χ1n) is 5.40. The first-order chi connectivity index (χ1) is 7.04. The molecule has 1 aliphatic heterocycles. The standard InChI is InChI=1S/C11H19NO3/c1-8(2)6-9-4-5-12(11(9)14)7-10(13)15-3/h8-9H,4-7H2,1-3H3/t9-/m1/s1. The third-order valence-corrected chi connectivity index (χ3v) is 2.71. The molecule has 1 aliphatic rings. The average molecular weight is 213 g/mol. The number of ether oxygens (including phenoxy) is 1. The third-order valence-electron chi connectivity index (χ3n) is 2.71. The van der Waals surface area contributed by atoms with Gasteiger partial charge in [-0.1, -0.05) is 13.8 Å². The SMILES string of the molecule is COC(=O)CN1CC[C@H](CC(C)C)C1=O. The molecule has 1 atom stereocenters. The summed E-state index contributed by atoms with van der Waals surface area (Å²) in [7, 11) is 1.34. The number of methoxy groups -OCH3 is 1. The number of hydrogen-bond donors (Lipinski definition) is 0. The number of esters is 1. The molecular weight excluding hydrogens is 194 g/mol. The zero-order valence-corrected chi connectivity index (χ0v) is 9.66. The quantitative estimate of drug-likeness (QED) is 0.656. The van der Waals surface area contributed by atoms with Gasteiger partial charge in [0.1, 0.15) is 6.54 Å². The zero-order valence-electron chi connectivity index (χ0n) is 9.66. The summed E-state index contributed by atoms with van der Waals surface area (Å²) in [6.07, 6.45) is 1.78. The van der Waals surface area contributed by atoms with Crippen molar-refractivity contribution in [3.63, 3.8) is 0 Å². The van der Waals surface area contributed by atoms with Gasteiger partial charge in [-0.15, -0.1) is 0 Å². The molecule has 0 aliphatic carbocycles. The molecule has 0 unspecified atom stereocenters. The van der Waals surface area contributed by atoms with Crippen LogP contribution in [0.3, 0.4) is 0 Å². The second-order valence-corrected chi connectivity index (χ2v) is 4.45. The van der Waals surface area contributed by atoms with Crippen LogP contribution in [0.15, 0.2) is 0 Å². The lowest BCUT2D eigenvalue weighted by molar-refractivity contribution is -0.146. The van der Waals surface area contributed by atoms with Gasteiger partial charge in [0.15, 0.2) is 0 Å². The van der Waals surface area contributed by atoms with Crippen LogP contribution in [0, 0.1) is 11.8 Å². The Morgan fingerprint density at radius 3 is 2.80 bits per heavy atom. The van der Waals surface area contributed by atoms with E-state index < -0.39 is 0 Å². The number of likely N-dealkylation sites (tertiary alicyclic amines) is 1. The molecule has 0 N–H and O–H groups in total. The minimum atomic E-state index is -0.339. The largest absolute Gasteiger partial charge is 0.468 e. The molecule has 0 aromatic carbocycles. The molecule has 4 heteroatoms. The molecule has 0 aromatic heterocycles. The molecular formula is C11H19NO3. The lowest BCUT2D eigenvalue weighted by atomic mass is 9.96. The van der Waals surface area contributed by atoms with E-state index in [0.717, 1.165) is 12.8 Å². The third kappa shape index (κ3) is 3.22. The maximum atomic E-state index is 11.8. The van der Waals surface area contributed by atoms with Gasteiger partial charge in [-0.25, -0.2) is 0 Å². The van der Waals surface area contributed by atoms with Gasteiger partial charge in [-0.3, -0.25) is 9.59 Å². The smallest absolute Gasteiger partial charge is 0.325 e. The molecule has 0 bridgehead atoms. The van der Waals surface area contributed by atoms with E-state index in [2.05, 4.69) is 18.6 Å². The van der Waals surface area contributed by atoms with Crippen molar-refractivity contribution in [1.82, 2.24) is 4.90 Å². The van der Waals surface area contributed by atoms with E-state index in [1.165, 1.54) is 7.11 Å². The summed E-state index contributed by atoms with van der Waals surface area (Å²) in [4.78, 5) is 24.4. The van der Waals surface area contributed by atoms with Crippen LogP contribution in [0.2, 0.25) is 0 Å². The minimum Gasteiger partial charge on any atom is -0.468 e. The van der Waals surface area contributed by atoms with Crippen molar-refractivity contribution < 1.29 is 14.3 Å². The summed E-state index contributed by atoms with van der Waals surface area (Å²) in [5, 5.41) is 0. The van der Waals surface area contributed by atoms with Crippen molar-refractivity contribution in [3.05, 3.63) is 0 Å².